The zero-order chi connectivity index (χ0) is 23.2. The first kappa shape index (κ1) is 28.3. The highest BCUT2D eigenvalue weighted by Gasteiger charge is 2.19. The standard InChI is InChI=1S/C21H40N2O7/c1-20(2,3)29-17(24)8-7-12-27-14-15-28-13-11-23-19(26)16(22)9-10-18(25)30-21(4,5)6/h16H,7-15,22H2,1-6H3,(H,23,26)/t16-/m0/s1. The highest BCUT2D eigenvalue weighted by Crippen LogP contribution is 2.10. The molecule has 176 valence electrons. The van der Waals surface area contributed by atoms with Crippen molar-refractivity contribution in [2.45, 2.75) is 84.5 Å². The summed E-state index contributed by atoms with van der Waals surface area (Å²) in [5.41, 5.74) is 4.76. The monoisotopic (exact) mass is 432 g/mol. The number of rotatable bonds is 14. The molecule has 0 aromatic heterocycles. The van der Waals surface area contributed by atoms with Crippen molar-refractivity contribution in [1.29, 1.82) is 0 Å². The molecule has 0 rings (SSSR count). The fourth-order valence-corrected chi connectivity index (χ4v) is 2.21. The predicted molar refractivity (Wildman–Crippen MR) is 113 cm³/mol. The lowest BCUT2D eigenvalue weighted by atomic mass is 10.1. The highest BCUT2D eigenvalue weighted by atomic mass is 16.6. The van der Waals surface area contributed by atoms with Crippen molar-refractivity contribution in [3.05, 3.63) is 0 Å². The van der Waals surface area contributed by atoms with E-state index in [1.54, 1.807) is 20.8 Å². The van der Waals surface area contributed by atoms with Gasteiger partial charge in [0.15, 0.2) is 0 Å². The minimum atomic E-state index is -0.772. The molecule has 9 nitrogen and oxygen atoms in total. The normalized spacial score (nSPS) is 12.9. The van der Waals surface area contributed by atoms with E-state index in [9.17, 15) is 14.4 Å². The minimum Gasteiger partial charge on any atom is -0.460 e. The van der Waals surface area contributed by atoms with E-state index >= 15 is 0 Å². The predicted octanol–water partition coefficient (Wildman–Crippen LogP) is 1.71. The molecule has 1 amide bonds. The second kappa shape index (κ2) is 14.3. The second-order valence-electron chi connectivity index (χ2n) is 8.94. The van der Waals surface area contributed by atoms with Crippen LogP contribution in [0.1, 0.15) is 67.2 Å². The lowest BCUT2D eigenvalue weighted by Crippen LogP contribution is -2.42. The number of nitrogens with two attached hydrogens (primary N) is 1. The third-order valence-corrected chi connectivity index (χ3v) is 3.42. The van der Waals surface area contributed by atoms with Crippen LogP contribution >= 0.6 is 0 Å². The van der Waals surface area contributed by atoms with Gasteiger partial charge in [0.05, 0.1) is 25.9 Å². The molecule has 0 fully saturated rings. The summed E-state index contributed by atoms with van der Waals surface area (Å²) in [5, 5.41) is 2.66. The lowest BCUT2D eigenvalue weighted by Gasteiger charge is -2.20. The smallest absolute Gasteiger partial charge is 0.306 e. The maximum Gasteiger partial charge on any atom is 0.306 e. The molecular formula is C21H40N2O7. The summed E-state index contributed by atoms with van der Waals surface area (Å²) in [7, 11) is 0. The van der Waals surface area contributed by atoms with Crippen LogP contribution in [0.3, 0.4) is 0 Å². The number of hydrogen-bond acceptors (Lipinski definition) is 8. The first-order chi connectivity index (χ1) is 13.8. The van der Waals surface area contributed by atoms with Crippen molar-refractivity contribution < 1.29 is 33.3 Å². The summed E-state index contributed by atoms with van der Waals surface area (Å²) >= 11 is 0. The molecule has 0 saturated carbocycles. The van der Waals surface area contributed by atoms with Gasteiger partial charge in [0.25, 0.3) is 0 Å². The SMILES string of the molecule is CC(C)(C)OC(=O)CCCOCCOCCNC(=O)[C@@H](N)CCC(=O)OC(C)(C)C. The highest BCUT2D eigenvalue weighted by molar-refractivity contribution is 5.82. The summed E-state index contributed by atoms with van der Waals surface area (Å²) < 4.78 is 21.1. The number of esters is 2. The van der Waals surface area contributed by atoms with Gasteiger partial charge in [-0.1, -0.05) is 0 Å². The summed E-state index contributed by atoms with van der Waals surface area (Å²) in [4.78, 5) is 35.0. The lowest BCUT2D eigenvalue weighted by molar-refractivity contribution is -0.156. The fraction of sp³-hybridized carbons (Fsp3) is 0.857. The average Bonchev–Trinajstić information content (AvgIpc) is 2.58. The maximum absolute atomic E-state index is 11.9. The molecule has 0 bridgehead atoms. The molecule has 9 heteroatoms. The van der Waals surface area contributed by atoms with E-state index in [4.69, 9.17) is 24.7 Å². The molecule has 0 aromatic carbocycles. The molecule has 0 aliphatic carbocycles. The molecule has 0 aliphatic rings. The van der Waals surface area contributed by atoms with Crippen LogP contribution in [0.25, 0.3) is 0 Å². The van der Waals surface area contributed by atoms with Crippen LogP contribution in [0.15, 0.2) is 0 Å². The number of nitrogens with one attached hydrogen (secondary N) is 1. The van der Waals surface area contributed by atoms with Gasteiger partial charge in [0.1, 0.15) is 11.2 Å². The van der Waals surface area contributed by atoms with E-state index in [0.717, 1.165) is 0 Å². The third kappa shape index (κ3) is 18.3. The van der Waals surface area contributed by atoms with Crippen LogP contribution in [-0.2, 0) is 33.3 Å². The molecule has 0 aromatic rings. The Hall–Kier alpha value is -1.71. The van der Waals surface area contributed by atoms with Crippen molar-refractivity contribution in [1.82, 2.24) is 5.32 Å². The molecule has 0 spiro atoms. The Labute approximate surface area is 180 Å². The fourth-order valence-electron chi connectivity index (χ4n) is 2.21. The summed E-state index contributed by atoms with van der Waals surface area (Å²) in [6.07, 6.45) is 1.22. The first-order valence-electron chi connectivity index (χ1n) is 10.4. The topological polar surface area (TPSA) is 126 Å². The van der Waals surface area contributed by atoms with Crippen molar-refractivity contribution in [2.75, 3.05) is 33.0 Å². The van der Waals surface area contributed by atoms with Crippen LogP contribution in [0, 0.1) is 0 Å². The number of ether oxygens (including phenoxy) is 4. The molecular weight excluding hydrogens is 392 g/mol. The van der Waals surface area contributed by atoms with Crippen LogP contribution in [0.2, 0.25) is 0 Å². The molecule has 0 saturated heterocycles. The number of carbonyl (C=O) groups excluding carboxylic acids is 3. The summed E-state index contributed by atoms with van der Waals surface area (Å²) in [6.45, 7) is 12.7. The van der Waals surface area contributed by atoms with Gasteiger partial charge in [-0.2, -0.15) is 0 Å². The average molecular weight is 433 g/mol. The van der Waals surface area contributed by atoms with Crippen molar-refractivity contribution >= 4 is 17.8 Å². The third-order valence-electron chi connectivity index (χ3n) is 3.42. The molecule has 0 aliphatic heterocycles. The van der Waals surface area contributed by atoms with E-state index in [-0.39, 0.29) is 30.7 Å². The van der Waals surface area contributed by atoms with E-state index in [1.807, 2.05) is 20.8 Å². The number of hydrogen-bond donors (Lipinski definition) is 2. The first-order valence-corrected chi connectivity index (χ1v) is 10.4. The Bertz CT molecular complexity index is 524. The van der Waals surface area contributed by atoms with Crippen LogP contribution in [-0.4, -0.2) is 68.1 Å². The van der Waals surface area contributed by atoms with E-state index in [0.29, 0.717) is 45.8 Å². The Morgan fingerprint density at radius 2 is 1.30 bits per heavy atom. The Kier molecular flexibility index (Phi) is 13.5. The molecule has 0 radical (unpaired) electrons. The molecule has 0 unspecified atom stereocenters. The second-order valence-corrected chi connectivity index (χ2v) is 8.94. The summed E-state index contributed by atoms with van der Waals surface area (Å²) in [5.74, 6) is -0.942. The van der Waals surface area contributed by atoms with Gasteiger partial charge in [0.2, 0.25) is 5.91 Å². The molecule has 30 heavy (non-hydrogen) atoms. The molecule has 1 atom stereocenters. The largest absolute Gasteiger partial charge is 0.460 e. The number of carbonyl (C=O) groups is 3. The van der Waals surface area contributed by atoms with Gasteiger partial charge in [-0.25, -0.2) is 0 Å². The maximum atomic E-state index is 11.9. The Morgan fingerprint density at radius 1 is 0.800 bits per heavy atom. The van der Waals surface area contributed by atoms with Gasteiger partial charge < -0.3 is 30.0 Å². The van der Waals surface area contributed by atoms with E-state index in [2.05, 4.69) is 5.32 Å². The van der Waals surface area contributed by atoms with Crippen molar-refractivity contribution in [3.63, 3.8) is 0 Å². The van der Waals surface area contributed by atoms with E-state index in [1.165, 1.54) is 0 Å². The number of amides is 1. The Balaban J connectivity index is 3.60. The Morgan fingerprint density at radius 3 is 1.83 bits per heavy atom. The summed E-state index contributed by atoms with van der Waals surface area (Å²) in [6, 6.07) is -0.772. The zero-order valence-electron chi connectivity index (χ0n) is 19.4. The molecule has 3 N–H and O–H groups in total. The van der Waals surface area contributed by atoms with Gasteiger partial charge in [0, 0.05) is 26.0 Å². The van der Waals surface area contributed by atoms with Crippen LogP contribution in [0.4, 0.5) is 0 Å². The van der Waals surface area contributed by atoms with Gasteiger partial charge in [-0.15, -0.1) is 0 Å². The van der Waals surface area contributed by atoms with Gasteiger partial charge in [-0.05, 0) is 54.4 Å². The minimum absolute atomic E-state index is 0.0909. The van der Waals surface area contributed by atoms with Crippen molar-refractivity contribution in [3.8, 4) is 0 Å². The molecule has 0 heterocycles. The van der Waals surface area contributed by atoms with E-state index < -0.39 is 17.2 Å². The van der Waals surface area contributed by atoms with Gasteiger partial charge in [-0.3, -0.25) is 14.4 Å². The van der Waals surface area contributed by atoms with Crippen LogP contribution in [0.5, 0.6) is 0 Å². The quantitative estimate of drug-likeness (QED) is 0.314. The zero-order valence-corrected chi connectivity index (χ0v) is 19.4. The van der Waals surface area contributed by atoms with Crippen molar-refractivity contribution in [2.24, 2.45) is 5.73 Å². The van der Waals surface area contributed by atoms with Gasteiger partial charge >= 0.3 is 11.9 Å². The van der Waals surface area contributed by atoms with Crippen LogP contribution < -0.4 is 11.1 Å².